The molecule has 0 aliphatic heterocycles. The molecule has 8 heteroatoms. The summed E-state index contributed by atoms with van der Waals surface area (Å²) in [6.45, 7) is 8.24. The van der Waals surface area contributed by atoms with E-state index in [1.54, 1.807) is 0 Å². The summed E-state index contributed by atoms with van der Waals surface area (Å²) in [4.78, 5) is 22.0. The Balaban J connectivity index is 3.99. The van der Waals surface area contributed by atoms with Crippen LogP contribution < -0.4 is 10.6 Å². The van der Waals surface area contributed by atoms with E-state index >= 15 is 0 Å². The fraction of sp³-hybridized carbons (Fsp3) is 0.600. The van der Waals surface area contributed by atoms with E-state index in [4.69, 9.17) is 0 Å². The van der Waals surface area contributed by atoms with Crippen LogP contribution >= 0.6 is 0 Å². The van der Waals surface area contributed by atoms with Gasteiger partial charge in [-0.15, -0.1) is 0 Å². The van der Waals surface area contributed by atoms with E-state index in [9.17, 15) is 20.0 Å². The van der Waals surface area contributed by atoms with Crippen LogP contribution in [0.15, 0.2) is 25.3 Å². The minimum absolute atomic E-state index is 0.234. The van der Waals surface area contributed by atoms with Crippen LogP contribution in [-0.4, -0.2) is 74.5 Å². The van der Waals surface area contributed by atoms with Gasteiger partial charge in [-0.1, -0.05) is 13.2 Å². The SMILES string of the molecule is C=CC(=O)NCC[N+](C)([O-])CCC[N+](C)([O-])CCNC(=O)C=C. The summed E-state index contributed by atoms with van der Waals surface area (Å²) in [6, 6.07) is 0. The normalized spacial score (nSPS) is 15.8. The van der Waals surface area contributed by atoms with E-state index in [1.165, 1.54) is 14.1 Å². The van der Waals surface area contributed by atoms with Crippen molar-refractivity contribution in [2.24, 2.45) is 0 Å². The predicted molar refractivity (Wildman–Crippen MR) is 89.6 cm³/mol. The summed E-state index contributed by atoms with van der Waals surface area (Å²) in [7, 11) is 3.03. The lowest BCUT2D eigenvalue weighted by molar-refractivity contribution is -0.879. The molecule has 2 atom stereocenters. The zero-order valence-corrected chi connectivity index (χ0v) is 14.0. The Bertz CT molecular complexity index is 384. The molecule has 0 saturated carbocycles. The monoisotopic (exact) mass is 328 g/mol. The molecule has 23 heavy (non-hydrogen) atoms. The van der Waals surface area contributed by atoms with Crippen LogP contribution in [0.1, 0.15) is 6.42 Å². The highest BCUT2D eigenvalue weighted by Gasteiger charge is 2.15. The first-order valence-corrected chi connectivity index (χ1v) is 7.53. The molecule has 8 nitrogen and oxygen atoms in total. The van der Waals surface area contributed by atoms with Gasteiger partial charge in [0.1, 0.15) is 0 Å². The van der Waals surface area contributed by atoms with Crippen molar-refractivity contribution in [1.82, 2.24) is 10.6 Å². The Hall–Kier alpha value is -1.74. The van der Waals surface area contributed by atoms with Gasteiger partial charge in [0.25, 0.3) is 0 Å². The predicted octanol–water partition coefficient (Wildman–Crippen LogP) is -0.130. The average Bonchev–Trinajstić information content (AvgIpc) is 2.45. The Labute approximate surface area is 137 Å². The molecule has 0 aromatic rings. The highest BCUT2D eigenvalue weighted by atomic mass is 16.5. The van der Waals surface area contributed by atoms with Gasteiger partial charge in [0.15, 0.2) is 0 Å². The molecule has 0 saturated heterocycles. The Morgan fingerprint density at radius 1 is 0.870 bits per heavy atom. The molecule has 0 aliphatic rings. The van der Waals surface area contributed by atoms with Crippen molar-refractivity contribution < 1.29 is 18.9 Å². The third-order valence-electron chi connectivity index (χ3n) is 3.40. The fourth-order valence-electron chi connectivity index (χ4n) is 1.94. The third kappa shape index (κ3) is 11.5. The smallest absolute Gasteiger partial charge is 0.243 e. The third-order valence-corrected chi connectivity index (χ3v) is 3.40. The van der Waals surface area contributed by atoms with Crippen LogP contribution in [0.25, 0.3) is 0 Å². The van der Waals surface area contributed by atoms with Crippen molar-refractivity contribution in [3.63, 3.8) is 0 Å². The number of hydrogen-bond donors (Lipinski definition) is 2. The van der Waals surface area contributed by atoms with E-state index in [0.29, 0.717) is 19.5 Å². The number of nitrogens with one attached hydrogen (secondary N) is 2. The Kier molecular flexibility index (Phi) is 9.35. The summed E-state index contributed by atoms with van der Waals surface area (Å²) in [6.07, 6.45) is 2.77. The summed E-state index contributed by atoms with van der Waals surface area (Å²) in [5, 5.41) is 29.5. The van der Waals surface area contributed by atoms with Crippen molar-refractivity contribution in [3.05, 3.63) is 35.7 Å². The van der Waals surface area contributed by atoms with Crippen LogP contribution in [0.5, 0.6) is 0 Å². The highest BCUT2D eigenvalue weighted by molar-refractivity contribution is 5.87. The number of quaternary nitrogens is 2. The molecule has 2 amide bonds. The summed E-state index contributed by atoms with van der Waals surface area (Å²) in [5.41, 5.74) is 0. The molecule has 0 rings (SSSR count). The number of nitrogens with zero attached hydrogens (tertiary/aromatic N) is 2. The van der Waals surface area contributed by atoms with Gasteiger partial charge in [-0.05, 0) is 12.2 Å². The Morgan fingerprint density at radius 3 is 1.52 bits per heavy atom. The molecule has 0 aromatic carbocycles. The number of amides is 2. The molecule has 0 fully saturated rings. The maximum atomic E-state index is 12.2. The van der Waals surface area contributed by atoms with E-state index in [2.05, 4.69) is 23.8 Å². The van der Waals surface area contributed by atoms with Crippen LogP contribution in [0, 0.1) is 10.4 Å². The summed E-state index contributed by atoms with van der Waals surface area (Å²) < 4.78 is -1.05. The molecule has 132 valence electrons. The van der Waals surface area contributed by atoms with E-state index in [-0.39, 0.29) is 38.0 Å². The quantitative estimate of drug-likeness (QED) is 0.296. The van der Waals surface area contributed by atoms with Gasteiger partial charge >= 0.3 is 0 Å². The van der Waals surface area contributed by atoms with Crippen molar-refractivity contribution in [3.8, 4) is 0 Å². The second-order valence-electron chi connectivity index (χ2n) is 5.83. The lowest BCUT2D eigenvalue weighted by Gasteiger charge is -2.42. The van der Waals surface area contributed by atoms with Gasteiger partial charge in [-0.2, -0.15) is 0 Å². The number of rotatable bonds is 12. The van der Waals surface area contributed by atoms with E-state index in [0.717, 1.165) is 12.2 Å². The zero-order valence-electron chi connectivity index (χ0n) is 14.0. The number of carbonyl (C=O) groups is 2. The number of hydrogen-bond acceptors (Lipinski definition) is 4. The van der Waals surface area contributed by atoms with Gasteiger partial charge in [-0.3, -0.25) is 9.59 Å². The standard InChI is InChI=1S/C15H28N4O4/c1-5-14(20)16-8-12-18(3,22)10-7-11-19(4,23)13-9-17-15(21)6-2/h5-6H,1-2,7-13H2,3-4H3,(H,16,20)(H,17,21). The summed E-state index contributed by atoms with van der Waals surface area (Å²) >= 11 is 0. The van der Waals surface area contributed by atoms with Crippen LogP contribution in [0.2, 0.25) is 0 Å². The van der Waals surface area contributed by atoms with Crippen molar-refractivity contribution in [2.75, 3.05) is 53.4 Å². The topological polar surface area (TPSA) is 104 Å². The van der Waals surface area contributed by atoms with Crippen molar-refractivity contribution >= 4 is 11.8 Å². The molecule has 2 N–H and O–H groups in total. The second kappa shape index (κ2) is 10.1. The lowest BCUT2D eigenvalue weighted by atomic mass is 10.3. The first kappa shape index (κ1) is 21.3. The minimum atomic E-state index is -0.523. The molecule has 0 aliphatic carbocycles. The highest BCUT2D eigenvalue weighted by Crippen LogP contribution is 2.05. The minimum Gasteiger partial charge on any atom is -0.633 e. The maximum Gasteiger partial charge on any atom is 0.243 e. The van der Waals surface area contributed by atoms with E-state index in [1.807, 2.05) is 0 Å². The molecular weight excluding hydrogens is 300 g/mol. The van der Waals surface area contributed by atoms with Gasteiger partial charge in [0.05, 0.1) is 53.4 Å². The van der Waals surface area contributed by atoms with Crippen molar-refractivity contribution in [1.29, 1.82) is 0 Å². The lowest BCUT2D eigenvalue weighted by Crippen LogP contribution is -2.48. The average molecular weight is 328 g/mol. The van der Waals surface area contributed by atoms with Gasteiger partial charge in [0, 0.05) is 6.42 Å². The number of hydroxylamine groups is 6. The molecule has 0 spiro atoms. The second-order valence-corrected chi connectivity index (χ2v) is 5.83. The molecule has 0 bridgehead atoms. The maximum absolute atomic E-state index is 12.2. The first-order chi connectivity index (χ1) is 10.6. The van der Waals surface area contributed by atoms with Crippen molar-refractivity contribution in [2.45, 2.75) is 6.42 Å². The molecule has 0 heterocycles. The van der Waals surface area contributed by atoms with E-state index < -0.39 is 9.29 Å². The first-order valence-electron chi connectivity index (χ1n) is 7.53. The number of likely N-dealkylation sites (N-methyl/N-ethyl adjacent to an activating group) is 2. The van der Waals surface area contributed by atoms with Gasteiger partial charge in [0.2, 0.25) is 11.8 Å². The van der Waals surface area contributed by atoms with Crippen LogP contribution in [0.3, 0.4) is 0 Å². The van der Waals surface area contributed by atoms with Crippen LogP contribution in [-0.2, 0) is 9.59 Å². The Morgan fingerprint density at radius 2 is 1.22 bits per heavy atom. The largest absolute Gasteiger partial charge is 0.633 e. The summed E-state index contributed by atoms with van der Waals surface area (Å²) in [5.74, 6) is -0.620. The molecule has 2 unspecified atom stereocenters. The molecule has 0 radical (unpaired) electrons. The molecule has 0 aromatic heterocycles. The number of carbonyl (C=O) groups excluding carboxylic acids is 2. The van der Waals surface area contributed by atoms with Gasteiger partial charge < -0.3 is 30.3 Å². The van der Waals surface area contributed by atoms with Crippen LogP contribution in [0.4, 0.5) is 0 Å². The zero-order chi connectivity index (χ0) is 17.9. The molecular formula is C15H28N4O4. The van der Waals surface area contributed by atoms with Gasteiger partial charge in [-0.25, -0.2) is 0 Å². The fourth-order valence-corrected chi connectivity index (χ4v) is 1.94.